The highest BCUT2D eigenvalue weighted by Gasteiger charge is 2.09. The Morgan fingerprint density at radius 1 is 1.44 bits per heavy atom. The molecule has 2 aromatic rings. The Bertz CT molecular complexity index is 638. The second kappa shape index (κ2) is 4.69. The first-order valence-corrected chi connectivity index (χ1v) is 5.24. The van der Waals surface area contributed by atoms with Crippen LogP contribution >= 0.6 is 0 Å². The van der Waals surface area contributed by atoms with Gasteiger partial charge in [-0.1, -0.05) is 6.07 Å². The van der Waals surface area contributed by atoms with Crippen molar-refractivity contribution >= 4 is 5.91 Å². The van der Waals surface area contributed by atoms with Gasteiger partial charge in [-0.2, -0.15) is 10.4 Å². The van der Waals surface area contributed by atoms with Crippen molar-refractivity contribution < 1.29 is 4.79 Å². The van der Waals surface area contributed by atoms with E-state index in [4.69, 9.17) is 16.7 Å². The first kappa shape index (κ1) is 11.8. The van der Waals surface area contributed by atoms with Gasteiger partial charge in [0.25, 0.3) is 5.91 Å². The van der Waals surface area contributed by atoms with Crippen LogP contribution in [0.1, 0.15) is 21.6 Å². The highest BCUT2D eigenvalue weighted by atomic mass is 16.1. The fourth-order valence-electron chi connectivity index (χ4n) is 1.59. The number of aromatic nitrogens is 2. The van der Waals surface area contributed by atoms with Crippen molar-refractivity contribution in [1.82, 2.24) is 9.78 Å². The summed E-state index contributed by atoms with van der Waals surface area (Å²) in [6.07, 6.45) is 1.58. The summed E-state index contributed by atoms with van der Waals surface area (Å²) in [6.45, 7) is 0.362. The van der Waals surface area contributed by atoms with Gasteiger partial charge in [0, 0.05) is 12.7 Å². The molecule has 6 heteroatoms. The number of amides is 1. The van der Waals surface area contributed by atoms with Crippen molar-refractivity contribution in [3.63, 3.8) is 0 Å². The minimum Gasteiger partial charge on any atom is -0.364 e. The molecule has 1 amide bonds. The van der Waals surface area contributed by atoms with Gasteiger partial charge < -0.3 is 11.5 Å². The zero-order valence-corrected chi connectivity index (χ0v) is 9.50. The standard InChI is InChI=1S/C12H11N5O/c13-6-8-1-2-11(9(5-8)7-14)17-4-3-10(16-17)12(15)18/h1-5H,6,13H2,(H2,15,18). The van der Waals surface area contributed by atoms with Crippen molar-refractivity contribution in [1.29, 1.82) is 5.26 Å². The molecule has 0 spiro atoms. The van der Waals surface area contributed by atoms with Crippen LogP contribution in [0, 0.1) is 11.3 Å². The van der Waals surface area contributed by atoms with Crippen LogP contribution in [0.3, 0.4) is 0 Å². The van der Waals surface area contributed by atoms with Gasteiger partial charge in [-0.15, -0.1) is 0 Å². The van der Waals surface area contributed by atoms with E-state index in [-0.39, 0.29) is 5.69 Å². The predicted octanol–water partition coefficient (Wildman–Crippen LogP) is 0.302. The summed E-state index contributed by atoms with van der Waals surface area (Å²) in [4.78, 5) is 11.0. The van der Waals surface area contributed by atoms with Gasteiger partial charge in [-0.25, -0.2) is 4.68 Å². The normalized spacial score (nSPS) is 10.0. The van der Waals surface area contributed by atoms with Crippen molar-refractivity contribution in [2.24, 2.45) is 11.5 Å². The maximum atomic E-state index is 11.0. The minimum absolute atomic E-state index is 0.154. The lowest BCUT2D eigenvalue weighted by molar-refractivity contribution is 0.0995. The van der Waals surface area contributed by atoms with Crippen LogP contribution in [-0.4, -0.2) is 15.7 Å². The Morgan fingerprint density at radius 3 is 2.78 bits per heavy atom. The van der Waals surface area contributed by atoms with Gasteiger partial charge in [0.15, 0.2) is 0 Å². The van der Waals surface area contributed by atoms with E-state index in [1.807, 2.05) is 6.07 Å². The Labute approximate surface area is 103 Å². The maximum Gasteiger partial charge on any atom is 0.269 e. The molecular weight excluding hydrogens is 230 g/mol. The topological polar surface area (TPSA) is 111 Å². The number of nitrogens with zero attached hydrogens (tertiary/aromatic N) is 3. The van der Waals surface area contributed by atoms with Crippen molar-refractivity contribution in [2.45, 2.75) is 6.54 Å². The summed E-state index contributed by atoms with van der Waals surface area (Å²) >= 11 is 0. The van der Waals surface area contributed by atoms with Gasteiger partial charge in [0.05, 0.1) is 11.3 Å². The first-order chi connectivity index (χ1) is 8.65. The van der Waals surface area contributed by atoms with E-state index in [0.29, 0.717) is 17.8 Å². The van der Waals surface area contributed by atoms with Crippen LogP contribution in [0.15, 0.2) is 30.5 Å². The van der Waals surface area contributed by atoms with Crippen LogP contribution in [0.2, 0.25) is 0 Å². The number of hydrogen-bond acceptors (Lipinski definition) is 4. The molecule has 1 heterocycles. The van der Waals surface area contributed by atoms with Crippen LogP contribution in [0.5, 0.6) is 0 Å². The quantitative estimate of drug-likeness (QED) is 0.805. The first-order valence-electron chi connectivity index (χ1n) is 5.24. The number of benzene rings is 1. The van der Waals surface area contributed by atoms with Crippen LogP contribution < -0.4 is 11.5 Å². The van der Waals surface area contributed by atoms with E-state index in [1.165, 1.54) is 10.7 Å². The van der Waals surface area contributed by atoms with Gasteiger partial charge in [-0.3, -0.25) is 4.79 Å². The number of nitriles is 1. The van der Waals surface area contributed by atoms with Gasteiger partial charge in [0.1, 0.15) is 11.8 Å². The molecule has 1 aromatic carbocycles. The van der Waals surface area contributed by atoms with Crippen molar-refractivity contribution in [2.75, 3.05) is 0 Å². The Hall–Kier alpha value is -2.65. The molecule has 0 aliphatic rings. The number of rotatable bonds is 3. The van der Waals surface area contributed by atoms with E-state index >= 15 is 0 Å². The van der Waals surface area contributed by atoms with Gasteiger partial charge in [-0.05, 0) is 23.8 Å². The average molecular weight is 241 g/mol. The monoisotopic (exact) mass is 241 g/mol. The third kappa shape index (κ3) is 2.07. The molecule has 90 valence electrons. The summed E-state index contributed by atoms with van der Waals surface area (Å²) in [5.74, 6) is -0.606. The molecular formula is C12H11N5O. The predicted molar refractivity (Wildman–Crippen MR) is 64.7 cm³/mol. The Balaban J connectivity index is 2.50. The fourth-order valence-corrected chi connectivity index (χ4v) is 1.59. The summed E-state index contributed by atoms with van der Waals surface area (Å²) in [6, 6.07) is 8.81. The second-order valence-corrected chi connectivity index (χ2v) is 3.68. The number of hydrogen-bond donors (Lipinski definition) is 2. The lowest BCUT2D eigenvalue weighted by atomic mass is 10.1. The smallest absolute Gasteiger partial charge is 0.269 e. The Kier molecular flexibility index (Phi) is 3.08. The summed E-state index contributed by atoms with van der Waals surface area (Å²) in [5, 5.41) is 13.1. The van der Waals surface area contributed by atoms with Crippen molar-refractivity contribution in [3.05, 3.63) is 47.3 Å². The molecule has 0 unspecified atom stereocenters. The zero-order valence-electron chi connectivity index (χ0n) is 9.50. The van der Waals surface area contributed by atoms with E-state index < -0.39 is 5.91 Å². The SMILES string of the molecule is N#Cc1cc(CN)ccc1-n1ccc(C(N)=O)n1. The van der Waals surface area contributed by atoms with E-state index in [1.54, 1.807) is 18.3 Å². The van der Waals surface area contributed by atoms with E-state index in [0.717, 1.165) is 5.56 Å². The second-order valence-electron chi connectivity index (χ2n) is 3.68. The molecule has 0 aliphatic heterocycles. The molecule has 0 aliphatic carbocycles. The molecule has 0 saturated heterocycles. The number of nitrogens with two attached hydrogens (primary N) is 2. The highest BCUT2D eigenvalue weighted by Crippen LogP contribution is 2.15. The largest absolute Gasteiger partial charge is 0.364 e. The summed E-state index contributed by atoms with van der Waals surface area (Å²) < 4.78 is 1.44. The Morgan fingerprint density at radius 2 is 2.22 bits per heavy atom. The number of primary amides is 1. The average Bonchev–Trinajstić information content (AvgIpc) is 2.87. The van der Waals surface area contributed by atoms with E-state index in [9.17, 15) is 4.79 Å². The summed E-state index contributed by atoms with van der Waals surface area (Å²) in [5.41, 5.74) is 12.7. The molecule has 2 rings (SSSR count). The highest BCUT2D eigenvalue weighted by molar-refractivity contribution is 5.90. The molecule has 1 aromatic heterocycles. The van der Waals surface area contributed by atoms with Crippen LogP contribution in [0.25, 0.3) is 5.69 Å². The van der Waals surface area contributed by atoms with Crippen molar-refractivity contribution in [3.8, 4) is 11.8 Å². The maximum absolute atomic E-state index is 11.0. The minimum atomic E-state index is -0.606. The lowest BCUT2D eigenvalue weighted by Crippen LogP contribution is -2.12. The molecule has 0 bridgehead atoms. The van der Waals surface area contributed by atoms with Gasteiger partial charge in [0.2, 0.25) is 0 Å². The molecule has 0 saturated carbocycles. The van der Waals surface area contributed by atoms with Crippen LogP contribution in [0.4, 0.5) is 0 Å². The number of carbonyl (C=O) groups is 1. The fraction of sp³-hybridized carbons (Fsp3) is 0.0833. The van der Waals surface area contributed by atoms with Crippen LogP contribution in [-0.2, 0) is 6.54 Å². The molecule has 0 atom stereocenters. The third-order valence-electron chi connectivity index (χ3n) is 2.51. The summed E-state index contributed by atoms with van der Waals surface area (Å²) in [7, 11) is 0. The number of carbonyl (C=O) groups excluding carboxylic acids is 1. The molecule has 18 heavy (non-hydrogen) atoms. The van der Waals surface area contributed by atoms with E-state index in [2.05, 4.69) is 11.2 Å². The zero-order chi connectivity index (χ0) is 13.1. The molecule has 6 nitrogen and oxygen atoms in total. The lowest BCUT2D eigenvalue weighted by Gasteiger charge is -2.05. The van der Waals surface area contributed by atoms with Gasteiger partial charge >= 0.3 is 0 Å². The molecule has 4 N–H and O–H groups in total. The molecule has 0 radical (unpaired) electrons. The third-order valence-corrected chi connectivity index (χ3v) is 2.51. The molecule has 0 fully saturated rings.